The molecule has 2 rings (SSSR count). The summed E-state index contributed by atoms with van der Waals surface area (Å²) >= 11 is 1.31. The van der Waals surface area contributed by atoms with E-state index < -0.39 is 10.0 Å². The summed E-state index contributed by atoms with van der Waals surface area (Å²) in [6.07, 6.45) is 4.04. The van der Waals surface area contributed by atoms with E-state index in [2.05, 4.69) is 11.6 Å². The Morgan fingerprint density at radius 2 is 2.17 bits per heavy atom. The summed E-state index contributed by atoms with van der Waals surface area (Å²) in [6.45, 7) is 3.23. The van der Waals surface area contributed by atoms with Gasteiger partial charge in [-0.2, -0.15) is 0 Å². The summed E-state index contributed by atoms with van der Waals surface area (Å²) in [5.41, 5.74) is 5.69. The van der Waals surface area contributed by atoms with Crippen molar-refractivity contribution in [2.24, 2.45) is 11.1 Å². The van der Waals surface area contributed by atoms with Crippen LogP contribution >= 0.6 is 11.3 Å². The Bertz CT molecular complexity index is 504. The first-order chi connectivity index (χ1) is 8.51. The van der Waals surface area contributed by atoms with Gasteiger partial charge in [-0.3, -0.25) is 0 Å². The van der Waals surface area contributed by atoms with E-state index in [-0.39, 0.29) is 5.41 Å². The maximum Gasteiger partial charge on any atom is 0.250 e. The number of thiophene rings is 1. The second-order valence-electron chi connectivity index (χ2n) is 4.94. The molecule has 0 bridgehead atoms. The van der Waals surface area contributed by atoms with E-state index in [1.807, 2.05) is 6.07 Å². The molecule has 1 aliphatic rings. The highest BCUT2D eigenvalue weighted by molar-refractivity contribution is 7.91. The zero-order chi connectivity index (χ0) is 13.2. The molecule has 18 heavy (non-hydrogen) atoms. The lowest BCUT2D eigenvalue weighted by Gasteiger charge is -2.12. The van der Waals surface area contributed by atoms with Crippen LogP contribution in [0.1, 0.15) is 31.1 Å². The molecule has 0 spiro atoms. The first kappa shape index (κ1) is 14.0. The average molecular weight is 288 g/mol. The van der Waals surface area contributed by atoms with Gasteiger partial charge in [0, 0.05) is 11.4 Å². The van der Waals surface area contributed by atoms with Crippen LogP contribution in [0, 0.1) is 5.41 Å². The average Bonchev–Trinajstić information content (AvgIpc) is 2.98. The van der Waals surface area contributed by atoms with Gasteiger partial charge in [-0.15, -0.1) is 11.3 Å². The van der Waals surface area contributed by atoms with Crippen LogP contribution in [0.3, 0.4) is 0 Å². The van der Waals surface area contributed by atoms with Crippen LogP contribution in [0.15, 0.2) is 16.3 Å². The Labute approximate surface area is 113 Å². The molecule has 1 aliphatic carbocycles. The van der Waals surface area contributed by atoms with Crippen LogP contribution < -0.4 is 10.5 Å². The molecule has 0 amide bonds. The van der Waals surface area contributed by atoms with Gasteiger partial charge < -0.3 is 5.73 Å². The van der Waals surface area contributed by atoms with Crippen molar-refractivity contribution in [3.8, 4) is 0 Å². The van der Waals surface area contributed by atoms with E-state index in [1.165, 1.54) is 11.3 Å². The molecule has 0 aliphatic heterocycles. The van der Waals surface area contributed by atoms with E-state index in [1.54, 1.807) is 6.07 Å². The fourth-order valence-electron chi connectivity index (χ4n) is 1.93. The normalized spacial score (nSPS) is 17.9. The maximum atomic E-state index is 12.1. The van der Waals surface area contributed by atoms with Gasteiger partial charge in [-0.25, -0.2) is 13.1 Å². The minimum absolute atomic E-state index is 0.227. The third-order valence-electron chi connectivity index (χ3n) is 3.64. The highest BCUT2D eigenvalue weighted by Gasteiger charge is 2.41. The lowest BCUT2D eigenvalue weighted by molar-refractivity contribution is 0.476. The summed E-state index contributed by atoms with van der Waals surface area (Å²) in [4.78, 5) is 1.02. The van der Waals surface area contributed by atoms with E-state index in [4.69, 9.17) is 5.73 Å². The lowest BCUT2D eigenvalue weighted by atomic mass is 10.1. The van der Waals surface area contributed by atoms with Crippen molar-refractivity contribution >= 4 is 21.4 Å². The summed E-state index contributed by atoms with van der Waals surface area (Å²) < 4.78 is 27.4. The standard InChI is InChI=1S/C12H20N2O2S2/c1-2-12(6-7-12)9-14-18(15,16)11-4-3-10(17-11)5-8-13/h3-4,14H,2,5-9,13H2,1H3. The molecule has 0 aromatic carbocycles. The number of nitrogens with two attached hydrogens (primary N) is 1. The first-order valence-electron chi connectivity index (χ1n) is 6.30. The van der Waals surface area contributed by atoms with Crippen LogP contribution in [0.25, 0.3) is 0 Å². The van der Waals surface area contributed by atoms with Crippen LogP contribution in [-0.4, -0.2) is 21.5 Å². The molecule has 1 saturated carbocycles. The summed E-state index contributed by atoms with van der Waals surface area (Å²) in [6, 6.07) is 3.52. The number of hydrogen-bond acceptors (Lipinski definition) is 4. The minimum Gasteiger partial charge on any atom is -0.330 e. The fraction of sp³-hybridized carbons (Fsp3) is 0.667. The van der Waals surface area contributed by atoms with Crippen molar-refractivity contribution in [3.05, 3.63) is 17.0 Å². The summed E-state index contributed by atoms with van der Waals surface area (Å²) in [7, 11) is -3.33. The predicted molar refractivity (Wildman–Crippen MR) is 74.2 cm³/mol. The Balaban J connectivity index is 2.01. The molecule has 4 nitrogen and oxygen atoms in total. The van der Waals surface area contributed by atoms with Gasteiger partial charge in [0.25, 0.3) is 0 Å². The molecule has 0 atom stereocenters. The molecular weight excluding hydrogens is 268 g/mol. The summed E-state index contributed by atoms with van der Waals surface area (Å²) in [5, 5.41) is 0. The minimum atomic E-state index is -3.33. The third-order valence-corrected chi connectivity index (χ3v) is 6.67. The van der Waals surface area contributed by atoms with E-state index in [9.17, 15) is 8.42 Å². The molecule has 1 aromatic rings. The van der Waals surface area contributed by atoms with Crippen molar-refractivity contribution in [2.45, 2.75) is 36.8 Å². The zero-order valence-corrected chi connectivity index (χ0v) is 12.2. The molecule has 1 heterocycles. The first-order valence-corrected chi connectivity index (χ1v) is 8.60. The number of hydrogen-bond donors (Lipinski definition) is 2. The van der Waals surface area contributed by atoms with E-state index in [0.29, 0.717) is 17.3 Å². The Morgan fingerprint density at radius 1 is 1.44 bits per heavy atom. The molecule has 0 radical (unpaired) electrons. The van der Waals surface area contributed by atoms with Crippen molar-refractivity contribution in [1.82, 2.24) is 4.72 Å². The Hall–Kier alpha value is -0.430. The van der Waals surface area contributed by atoms with Crippen molar-refractivity contribution < 1.29 is 8.42 Å². The SMILES string of the molecule is CCC1(CNS(=O)(=O)c2ccc(CCN)s2)CC1. The second kappa shape index (κ2) is 5.28. The van der Waals surface area contributed by atoms with Gasteiger partial charge in [0.2, 0.25) is 10.0 Å². The molecule has 102 valence electrons. The van der Waals surface area contributed by atoms with Crippen LogP contribution in [0.4, 0.5) is 0 Å². The van der Waals surface area contributed by atoms with Gasteiger partial charge >= 0.3 is 0 Å². The zero-order valence-electron chi connectivity index (χ0n) is 10.6. The van der Waals surface area contributed by atoms with Crippen molar-refractivity contribution in [2.75, 3.05) is 13.1 Å². The Morgan fingerprint density at radius 3 is 2.72 bits per heavy atom. The molecule has 1 aromatic heterocycles. The van der Waals surface area contributed by atoms with Gasteiger partial charge in [0.15, 0.2) is 0 Å². The molecule has 0 saturated heterocycles. The largest absolute Gasteiger partial charge is 0.330 e. The topological polar surface area (TPSA) is 72.2 Å². The quantitative estimate of drug-likeness (QED) is 0.802. The van der Waals surface area contributed by atoms with E-state index >= 15 is 0 Å². The highest BCUT2D eigenvalue weighted by atomic mass is 32.2. The number of rotatable bonds is 7. The van der Waals surface area contributed by atoms with Crippen LogP contribution in [0.2, 0.25) is 0 Å². The highest BCUT2D eigenvalue weighted by Crippen LogP contribution is 2.48. The maximum absolute atomic E-state index is 12.1. The van der Waals surface area contributed by atoms with Crippen LogP contribution in [0.5, 0.6) is 0 Å². The van der Waals surface area contributed by atoms with Crippen molar-refractivity contribution in [3.63, 3.8) is 0 Å². The van der Waals surface area contributed by atoms with Crippen molar-refractivity contribution in [1.29, 1.82) is 0 Å². The Kier molecular flexibility index (Phi) is 4.11. The molecule has 0 unspecified atom stereocenters. The van der Waals surface area contributed by atoms with Gasteiger partial charge in [-0.1, -0.05) is 6.92 Å². The molecule has 6 heteroatoms. The molecule has 1 fully saturated rings. The second-order valence-corrected chi connectivity index (χ2v) is 8.10. The summed E-state index contributed by atoms with van der Waals surface area (Å²) in [5.74, 6) is 0. The number of nitrogens with one attached hydrogen (secondary N) is 1. The number of sulfonamides is 1. The predicted octanol–water partition coefficient (Wildman–Crippen LogP) is 1.72. The monoisotopic (exact) mass is 288 g/mol. The lowest BCUT2D eigenvalue weighted by Crippen LogP contribution is -2.29. The van der Waals surface area contributed by atoms with Gasteiger partial charge in [0.1, 0.15) is 4.21 Å². The third kappa shape index (κ3) is 3.12. The fourth-order valence-corrected chi connectivity index (χ4v) is 4.50. The molecular formula is C12H20N2O2S2. The van der Waals surface area contributed by atoms with Gasteiger partial charge in [-0.05, 0) is 49.8 Å². The molecule has 3 N–H and O–H groups in total. The smallest absolute Gasteiger partial charge is 0.250 e. The van der Waals surface area contributed by atoms with Crippen LogP contribution in [-0.2, 0) is 16.4 Å². The van der Waals surface area contributed by atoms with Gasteiger partial charge in [0.05, 0.1) is 0 Å². The van der Waals surface area contributed by atoms with E-state index in [0.717, 1.165) is 30.6 Å².